The van der Waals surface area contributed by atoms with Crippen molar-refractivity contribution in [2.24, 2.45) is 0 Å². The van der Waals surface area contributed by atoms with Crippen molar-refractivity contribution in [1.29, 1.82) is 0 Å². The lowest BCUT2D eigenvalue weighted by atomic mass is 10.0. The summed E-state index contributed by atoms with van der Waals surface area (Å²) in [5.41, 5.74) is 3.04. The first-order valence-corrected chi connectivity index (χ1v) is 7.29. The van der Waals surface area contributed by atoms with Gasteiger partial charge in [-0.05, 0) is 26.7 Å². The van der Waals surface area contributed by atoms with E-state index in [0.717, 1.165) is 34.3 Å². The van der Waals surface area contributed by atoms with Gasteiger partial charge in [-0.25, -0.2) is 0 Å². The van der Waals surface area contributed by atoms with Gasteiger partial charge in [0.15, 0.2) is 0 Å². The SMILES string of the molecule is COc1c(C)cnc(CCC(=O)CCCBr)c1C. The van der Waals surface area contributed by atoms with Crippen LogP contribution in [0.2, 0.25) is 0 Å². The molecule has 3 nitrogen and oxygen atoms in total. The number of carbonyl (C=O) groups excluding carboxylic acids is 1. The zero-order valence-electron chi connectivity index (χ0n) is 11.3. The van der Waals surface area contributed by atoms with Crippen molar-refractivity contribution in [1.82, 2.24) is 4.98 Å². The first kappa shape index (κ1) is 15.2. The fourth-order valence-electron chi connectivity index (χ4n) is 1.97. The molecule has 1 aromatic heterocycles. The molecule has 0 fully saturated rings. The first-order chi connectivity index (χ1) is 8.60. The zero-order valence-corrected chi connectivity index (χ0v) is 12.8. The molecule has 18 heavy (non-hydrogen) atoms. The van der Waals surface area contributed by atoms with Crippen LogP contribution < -0.4 is 4.74 Å². The summed E-state index contributed by atoms with van der Waals surface area (Å²) in [5, 5.41) is 0.883. The van der Waals surface area contributed by atoms with Crippen molar-refractivity contribution >= 4 is 21.7 Å². The Hall–Kier alpha value is -0.900. The fraction of sp³-hybridized carbons (Fsp3) is 0.571. The Morgan fingerprint density at radius 2 is 2.11 bits per heavy atom. The number of Topliss-reactive ketones (excluding diaryl/α,β-unsaturated/α-hetero) is 1. The third kappa shape index (κ3) is 4.09. The van der Waals surface area contributed by atoms with E-state index in [2.05, 4.69) is 20.9 Å². The van der Waals surface area contributed by atoms with Crippen LogP contribution in [0.15, 0.2) is 6.20 Å². The minimum Gasteiger partial charge on any atom is -0.496 e. The average Bonchev–Trinajstić information content (AvgIpc) is 2.36. The smallest absolute Gasteiger partial charge is 0.133 e. The number of alkyl halides is 1. The number of halogens is 1. The number of rotatable bonds is 7. The van der Waals surface area contributed by atoms with Crippen LogP contribution >= 0.6 is 15.9 Å². The Labute approximate surface area is 117 Å². The van der Waals surface area contributed by atoms with Crippen molar-refractivity contribution in [3.63, 3.8) is 0 Å². The molecule has 0 saturated heterocycles. The van der Waals surface area contributed by atoms with E-state index < -0.39 is 0 Å². The third-order valence-corrected chi connectivity index (χ3v) is 3.54. The summed E-state index contributed by atoms with van der Waals surface area (Å²) in [6, 6.07) is 0. The van der Waals surface area contributed by atoms with Gasteiger partial charge >= 0.3 is 0 Å². The second-order valence-corrected chi connectivity index (χ2v) is 5.17. The van der Waals surface area contributed by atoms with E-state index in [0.29, 0.717) is 25.0 Å². The van der Waals surface area contributed by atoms with Gasteiger partial charge in [-0.1, -0.05) is 15.9 Å². The monoisotopic (exact) mass is 313 g/mol. The lowest BCUT2D eigenvalue weighted by molar-refractivity contribution is -0.119. The lowest BCUT2D eigenvalue weighted by Crippen LogP contribution is -2.05. The number of ketones is 1. The molecule has 0 atom stereocenters. The van der Waals surface area contributed by atoms with Crippen LogP contribution in [0, 0.1) is 13.8 Å². The molecule has 1 rings (SSSR count). The van der Waals surface area contributed by atoms with Gasteiger partial charge < -0.3 is 4.74 Å². The average molecular weight is 314 g/mol. The van der Waals surface area contributed by atoms with E-state index in [1.165, 1.54) is 0 Å². The van der Waals surface area contributed by atoms with Crippen LogP contribution in [0.5, 0.6) is 5.75 Å². The third-order valence-electron chi connectivity index (χ3n) is 2.98. The van der Waals surface area contributed by atoms with Crippen LogP contribution in [0.3, 0.4) is 0 Å². The lowest BCUT2D eigenvalue weighted by Gasteiger charge is -2.11. The van der Waals surface area contributed by atoms with Gasteiger partial charge in [-0.15, -0.1) is 0 Å². The second-order valence-electron chi connectivity index (χ2n) is 4.38. The van der Waals surface area contributed by atoms with E-state index in [-0.39, 0.29) is 0 Å². The summed E-state index contributed by atoms with van der Waals surface area (Å²) in [6.45, 7) is 3.97. The van der Waals surface area contributed by atoms with Gasteiger partial charge in [0.05, 0.1) is 7.11 Å². The summed E-state index contributed by atoms with van der Waals surface area (Å²) in [4.78, 5) is 16.0. The van der Waals surface area contributed by atoms with Gasteiger partial charge in [0.25, 0.3) is 0 Å². The van der Waals surface area contributed by atoms with Gasteiger partial charge in [0, 0.05) is 41.2 Å². The van der Waals surface area contributed by atoms with Gasteiger partial charge in [-0.2, -0.15) is 0 Å². The molecule has 0 aliphatic heterocycles. The molecular formula is C14H20BrNO2. The highest BCUT2D eigenvalue weighted by molar-refractivity contribution is 9.09. The van der Waals surface area contributed by atoms with E-state index in [1.54, 1.807) is 7.11 Å². The van der Waals surface area contributed by atoms with Crippen LogP contribution in [0.25, 0.3) is 0 Å². The Kier molecular flexibility index (Phi) is 6.33. The van der Waals surface area contributed by atoms with Crippen LogP contribution in [0.4, 0.5) is 0 Å². The number of hydrogen-bond acceptors (Lipinski definition) is 3. The molecule has 0 aliphatic carbocycles. The minimum absolute atomic E-state index is 0.301. The molecule has 0 unspecified atom stereocenters. The number of methoxy groups -OCH3 is 1. The maximum Gasteiger partial charge on any atom is 0.133 e. The molecule has 0 amide bonds. The number of ether oxygens (including phenoxy) is 1. The summed E-state index contributed by atoms with van der Waals surface area (Å²) < 4.78 is 5.36. The molecular weight excluding hydrogens is 294 g/mol. The molecule has 0 aromatic carbocycles. The first-order valence-electron chi connectivity index (χ1n) is 6.16. The van der Waals surface area contributed by atoms with Crippen molar-refractivity contribution in [2.75, 3.05) is 12.4 Å². The maximum absolute atomic E-state index is 11.6. The predicted molar refractivity (Wildman–Crippen MR) is 76.6 cm³/mol. The Morgan fingerprint density at radius 1 is 1.39 bits per heavy atom. The number of hydrogen-bond donors (Lipinski definition) is 0. The standard InChI is InChI=1S/C14H20BrNO2/c1-10-9-16-13(11(2)14(10)18-3)7-6-12(17)5-4-8-15/h9H,4-8H2,1-3H3. The van der Waals surface area contributed by atoms with Crippen molar-refractivity contribution in [3.8, 4) is 5.75 Å². The molecule has 100 valence electrons. The van der Waals surface area contributed by atoms with Gasteiger partial charge in [-0.3, -0.25) is 9.78 Å². The minimum atomic E-state index is 0.301. The summed E-state index contributed by atoms with van der Waals surface area (Å²) in [7, 11) is 1.67. The van der Waals surface area contributed by atoms with Crippen LogP contribution in [-0.4, -0.2) is 23.2 Å². The van der Waals surface area contributed by atoms with Gasteiger partial charge in [0.2, 0.25) is 0 Å². The fourth-order valence-corrected chi connectivity index (χ4v) is 2.25. The molecule has 0 radical (unpaired) electrons. The summed E-state index contributed by atoms with van der Waals surface area (Å²) >= 11 is 3.33. The quantitative estimate of drug-likeness (QED) is 0.724. The van der Waals surface area contributed by atoms with E-state index in [1.807, 2.05) is 20.0 Å². The predicted octanol–water partition coefficient (Wildman–Crippen LogP) is 3.38. The molecule has 0 N–H and O–H groups in total. The number of aromatic nitrogens is 1. The van der Waals surface area contributed by atoms with E-state index in [9.17, 15) is 4.79 Å². The molecule has 0 spiro atoms. The molecule has 0 aliphatic rings. The highest BCUT2D eigenvalue weighted by atomic mass is 79.9. The normalized spacial score (nSPS) is 10.4. The van der Waals surface area contributed by atoms with E-state index in [4.69, 9.17) is 4.74 Å². The van der Waals surface area contributed by atoms with Crippen LogP contribution in [0.1, 0.15) is 36.1 Å². The van der Waals surface area contributed by atoms with Crippen molar-refractivity contribution in [2.45, 2.75) is 39.5 Å². The Morgan fingerprint density at radius 3 is 2.72 bits per heavy atom. The molecule has 1 heterocycles. The number of aryl methyl sites for hydroxylation is 2. The maximum atomic E-state index is 11.6. The number of pyridine rings is 1. The number of carbonyl (C=O) groups is 1. The topological polar surface area (TPSA) is 39.2 Å². The molecule has 0 saturated carbocycles. The van der Waals surface area contributed by atoms with Crippen molar-refractivity contribution in [3.05, 3.63) is 23.0 Å². The van der Waals surface area contributed by atoms with Crippen LogP contribution in [-0.2, 0) is 11.2 Å². The molecule has 4 heteroatoms. The highest BCUT2D eigenvalue weighted by Crippen LogP contribution is 2.24. The Balaban J connectivity index is 2.65. The van der Waals surface area contributed by atoms with Crippen molar-refractivity contribution < 1.29 is 9.53 Å². The Bertz CT molecular complexity index is 419. The zero-order chi connectivity index (χ0) is 13.5. The molecule has 0 bridgehead atoms. The largest absolute Gasteiger partial charge is 0.496 e. The van der Waals surface area contributed by atoms with Gasteiger partial charge in [0.1, 0.15) is 11.5 Å². The summed E-state index contributed by atoms with van der Waals surface area (Å²) in [6.07, 6.45) is 4.62. The second kappa shape index (κ2) is 7.52. The molecule has 1 aromatic rings. The number of nitrogens with zero attached hydrogens (tertiary/aromatic N) is 1. The summed E-state index contributed by atoms with van der Waals surface area (Å²) in [5.74, 6) is 1.18. The van der Waals surface area contributed by atoms with E-state index >= 15 is 0 Å². The highest BCUT2D eigenvalue weighted by Gasteiger charge is 2.10.